The van der Waals surface area contributed by atoms with Gasteiger partial charge in [0.1, 0.15) is 0 Å². The van der Waals surface area contributed by atoms with Gasteiger partial charge in [0.25, 0.3) is 0 Å². The van der Waals surface area contributed by atoms with E-state index in [0.717, 1.165) is 6.54 Å². The summed E-state index contributed by atoms with van der Waals surface area (Å²) < 4.78 is 2.23. The number of rotatable bonds is 2. The quantitative estimate of drug-likeness (QED) is 0.719. The number of aromatic nitrogens is 2. The molecule has 2 rings (SSSR count). The van der Waals surface area contributed by atoms with Crippen LogP contribution in [0.4, 0.5) is 0 Å². The molecule has 0 radical (unpaired) electrons. The van der Waals surface area contributed by atoms with Gasteiger partial charge < -0.3 is 9.88 Å². The van der Waals surface area contributed by atoms with Crippen LogP contribution in [0.25, 0.3) is 0 Å². The summed E-state index contributed by atoms with van der Waals surface area (Å²) in [5.74, 6) is 0. The summed E-state index contributed by atoms with van der Waals surface area (Å²) in [5, 5.41) is 3.38. The van der Waals surface area contributed by atoms with Crippen molar-refractivity contribution in [2.24, 2.45) is 0 Å². The monoisotopic (exact) mass is 165 g/mol. The molecule has 1 aromatic heterocycles. The Morgan fingerprint density at radius 1 is 1.67 bits per heavy atom. The lowest BCUT2D eigenvalue weighted by atomic mass is 10.0. The molecule has 1 fully saturated rings. The fraction of sp³-hybridized carbons (Fsp3) is 0.667. The molecule has 1 unspecified atom stereocenters. The van der Waals surface area contributed by atoms with Gasteiger partial charge >= 0.3 is 0 Å². The van der Waals surface area contributed by atoms with Crippen LogP contribution in [0.5, 0.6) is 0 Å². The molecule has 1 aromatic rings. The highest BCUT2D eigenvalue weighted by Gasteiger charge is 2.22. The van der Waals surface area contributed by atoms with Crippen molar-refractivity contribution in [2.75, 3.05) is 6.54 Å². The van der Waals surface area contributed by atoms with Gasteiger partial charge in [-0.1, -0.05) is 0 Å². The predicted octanol–water partition coefficient (Wildman–Crippen LogP) is 1.50. The Morgan fingerprint density at radius 3 is 2.92 bits per heavy atom. The molecule has 0 amide bonds. The third kappa shape index (κ3) is 1.14. The fourth-order valence-corrected chi connectivity index (χ4v) is 1.56. The van der Waals surface area contributed by atoms with E-state index in [1.165, 1.54) is 12.1 Å². The number of nitrogens with zero attached hydrogens (tertiary/aromatic N) is 2. The van der Waals surface area contributed by atoms with Gasteiger partial charge in [0.2, 0.25) is 0 Å². The van der Waals surface area contributed by atoms with Gasteiger partial charge in [-0.05, 0) is 26.8 Å². The molecular formula is C9H15N3. The molecule has 0 spiro atoms. The molecule has 1 atom stereocenters. The van der Waals surface area contributed by atoms with Gasteiger partial charge in [-0.25, -0.2) is 4.98 Å². The first kappa shape index (κ1) is 7.80. The molecule has 12 heavy (non-hydrogen) atoms. The van der Waals surface area contributed by atoms with Crippen molar-refractivity contribution in [2.45, 2.75) is 32.4 Å². The van der Waals surface area contributed by atoms with E-state index < -0.39 is 0 Å². The topological polar surface area (TPSA) is 29.9 Å². The van der Waals surface area contributed by atoms with Crippen molar-refractivity contribution in [3.8, 4) is 0 Å². The first-order valence-corrected chi connectivity index (χ1v) is 4.54. The highest BCUT2D eigenvalue weighted by molar-refractivity contribution is 5.09. The highest BCUT2D eigenvalue weighted by atomic mass is 15.1. The third-order valence-electron chi connectivity index (χ3n) is 2.43. The van der Waals surface area contributed by atoms with E-state index in [-0.39, 0.29) is 0 Å². The molecule has 2 heterocycles. The minimum absolute atomic E-state index is 0.518. The van der Waals surface area contributed by atoms with Crippen LogP contribution in [-0.4, -0.2) is 16.1 Å². The van der Waals surface area contributed by atoms with Crippen LogP contribution in [-0.2, 0) is 0 Å². The lowest BCUT2D eigenvalue weighted by Crippen LogP contribution is -2.36. The maximum atomic E-state index is 4.17. The third-order valence-corrected chi connectivity index (χ3v) is 2.43. The summed E-state index contributed by atoms with van der Waals surface area (Å²) in [5.41, 5.74) is 1.33. The van der Waals surface area contributed by atoms with Crippen LogP contribution in [0.15, 0.2) is 12.5 Å². The predicted molar refractivity (Wildman–Crippen MR) is 48.0 cm³/mol. The molecule has 3 nitrogen and oxygen atoms in total. The van der Waals surface area contributed by atoms with Gasteiger partial charge in [-0.15, -0.1) is 0 Å². The van der Waals surface area contributed by atoms with Gasteiger partial charge in [-0.2, -0.15) is 0 Å². The number of imidazole rings is 1. The number of hydrogen-bond donors (Lipinski definition) is 1. The van der Waals surface area contributed by atoms with Crippen molar-refractivity contribution in [3.05, 3.63) is 18.2 Å². The van der Waals surface area contributed by atoms with Crippen LogP contribution < -0.4 is 5.32 Å². The smallest absolute Gasteiger partial charge is 0.0951 e. The second-order valence-corrected chi connectivity index (χ2v) is 3.61. The van der Waals surface area contributed by atoms with E-state index in [9.17, 15) is 0 Å². The highest BCUT2D eigenvalue weighted by Crippen LogP contribution is 2.24. The van der Waals surface area contributed by atoms with Gasteiger partial charge in [0.05, 0.1) is 18.1 Å². The molecule has 0 aromatic carbocycles. The molecule has 3 heteroatoms. The Kier molecular flexibility index (Phi) is 1.89. The standard InChI is InChI=1S/C9H15N3/c1-7(2)12-6-10-5-9(12)8-3-4-11-8/h5-8,11H,3-4H2,1-2H3. The molecular weight excluding hydrogens is 150 g/mol. The summed E-state index contributed by atoms with van der Waals surface area (Å²) in [6.07, 6.45) is 5.13. The lowest BCUT2D eigenvalue weighted by Gasteiger charge is -2.29. The summed E-state index contributed by atoms with van der Waals surface area (Å²) in [7, 11) is 0. The normalized spacial score (nSPS) is 22.8. The second-order valence-electron chi connectivity index (χ2n) is 3.61. The van der Waals surface area contributed by atoms with Crippen molar-refractivity contribution in [3.63, 3.8) is 0 Å². The molecule has 0 bridgehead atoms. The zero-order valence-electron chi connectivity index (χ0n) is 7.62. The molecule has 1 aliphatic heterocycles. The van der Waals surface area contributed by atoms with E-state index in [1.54, 1.807) is 0 Å². The van der Waals surface area contributed by atoms with Crippen molar-refractivity contribution < 1.29 is 0 Å². The molecule has 66 valence electrons. The van der Waals surface area contributed by atoms with E-state index in [1.807, 2.05) is 12.5 Å². The Balaban J connectivity index is 2.23. The Bertz CT molecular complexity index is 260. The molecule has 1 aliphatic rings. The summed E-state index contributed by atoms with van der Waals surface area (Å²) in [6.45, 7) is 5.52. The van der Waals surface area contributed by atoms with Crippen LogP contribution in [0, 0.1) is 0 Å². The minimum atomic E-state index is 0.518. The molecule has 0 aliphatic carbocycles. The molecule has 0 saturated carbocycles. The molecule has 1 N–H and O–H groups in total. The number of hydrogen-bond acceptors (Lipinski definition) is 2. The SMILES string of the molecule is CC(C)n1cncc1C1CCN1. The average molecular weight is 165 g/mol. The van der Waals surface area contributed by atoms with Crippen molar-refractivity contribution >= 4 is 0 Å². The zero-order chi connectivity index (χ0) is 8.55. The van der Waals surface area contributed by atoms with Crippen molar-refractivity contribution in [1.82, 2.24) is 14.9 Å². The maximum absolute atomic E-state index is 4.17. The lowest BCUT2D eigenvalue weighted by molar-refractivity contribution is 0.356. The van der Waals surface area contributed by atoms with E-state index >= 15 is 0 Å². The Hall–Kier alpha value is -0.830. The largest absolute Gasteiger partial charge is 0.331 e. The summed E-state index contributed by atoms with van der Waals surface area (Å²) in [6, 6.07) is 1.07. The Labute approximate surface area is 72.8 Å². The Morgan fingerprint density at radius 2 is 2.42 bits per heavy atom. The first-order chi connectivity index (χ1) is 5.79. The van der Waals surface area contributed by atoms with E-state index in [0.29, 0.717) is 12.1 Å². The van der Waals surface area contributed by atoms with Crippen LogP contribution >= 0.6 is 0 Å². The molecule has 1 saturated heterocycles. The van der Waals surface area contributed by atoms with E-state index in [2.05, 4.69) is 28.7 Å². The van der Waals surface area contributed by atoms with Gasteiger partial charge in [0.15, 0.2) is 0 Å². The maximum Gasteiger partial charge on any atom is 0.0951 e. The second kappa shape index (κ2) is 2.90. The fourth-order valence-electron chi connectivity index (χ4n) is 1.56. The number of nitrogens with one attached hydrogen (secondary N) is 1. The van der Waals surface area contributed by atoms with Gasteiger partial charge in [-0.3, -0.25) is 0 Å². The summed E-state index contributed by atoms with van der Waals surface area (Å²) >= 11 is 0. The minimum Gasteiger partial charge on any atom is -0.331 e. The van der Waals surface area contributed by atoms with Crippen LogP contribution in [0.1, 0.15) is 38.0 Å². The first-order valence-electron chi connectivity index (χ1n) is 4.54. The van der Waals surface area contributed by atoms with Crippen molar-refractivity contribution in [1.29, 1.82) is 0 Å². The van der Waals surface area contributed by atoms with Crippen LogP contribution in [0.2, 0.25) is 0 Å². The van der Waals surface area contributed by atoms with Crippen LogP contribution in [0.3, 0.4) is 0 Å². The van der Waals surface area contributed by atoms with E-state index in [4.69, 9.17) is 0 Å². The summed E-state index contributed by atoms with van der Waals surface area (Å²) in [4.78, 5) is 4.17. The zero-order valence-corrected chi connectivity index (χ0v) is 7.62. The van der Waals surface area contributed by atoms with Gasteiger partial charge in [0, 0.05) is 12.2 Å². The average Bonchev–Trinajstić information content (AvgIpc) is 2.31.